The molecule has 3 aromatic rings. The van der Waals surface area contributed by atoms with Gasteiger partial charge in [-0.1, -0.05) is 24.3 Å². The summed E-state index contributed by atoms with van der Waals surface area (Å²) in [5.74, 6) is -0.390. The number of ether oxygens (including phenoxy) is 2. The monoisotopic (exact) mass is 483 g/mol. The van der Waals surface area contributed by atoms with Crippen LogP contribution in [0.15, 0.2) is 48.5 Å². The molecule has 4 N–H and O–H groups in total. The molecule has 3 atom stereocenters. The molecule has 1 aliphatic rings. The van der Waals surface area contributed by atoms with Crippen LogP contribution in [0, 0.1) is 11.6 Å². The molecular weight excluding hydrogens is 452 g/mol. The Kier molecular flexibility index (Phi) is 8.41. The minimum Gasteiger partial charge on any atom is -0.481 e. The molecule has 2 heterocycles. The lowest BCUT2D eigenvalue weighted by Gasteiger charge is -2.33. The van der Waals surface area contributed by atoms with Crippen molar-refractivity contribution in [3.63, 3.8) is 0 Å². The number of rotatable bonds is 9. The van der Waals surface area contributed by atoms with Gasteiger partial charge < -0.3 is 25.6 Å². The molecule has 1 saturated heterocycles. The van der Waals surface area contributed by atoms with Gasteiger partial charge in [0.2, 0.25) is 5.88 Å². The third-order valence-corrected chi connectivity index (χ3v) is 6.38. The van der Waals surface area contributed by atoms with Gasteiger partial charge in [-0.2, -0.15) is 0 Å². The SMILES string of the molecule is COc1nc2cccc(CO)c2cc1CC(N)[C@@H]1CC[C@@H](NCC=Cc2cc(F)ccc2F)CO1. The molecule has 0 radical (unpaired) electrons. The maximum absolute atomic E-state index is 13.7. The quantitative estimate of drug-likeness (QED) is 0.430. The van der Waals surface area contributed by atoms with Gasteiger partial charge in [-0.3, -0.25) is 0 Å². The summed E-state index contributed by atoms with van der Waals surface area (Å²) in [6.07, 6.45) is 5.47. The fourth-order valence-corrected chi connectivity index (χ4v) is 4.46. The summed E-state index contributed by atoms with van der Waals surface area (Å²) >= 11 is 0. The maximum Gasteiger partial charge on any atom is 0.216 e. The van der Waals surface area contributed by atoms with Crippen LogP contribution in [-0.2, 0) is 17.8 Å². The summed E-state index contributed by atoms with van der Waals surface area (Å²) in [4.78, 5) is 4.60. The minimum atomic E-state index is -0.465. The van der Waals surface area contributed by atoms with Crippen LogP contribution in [0.25, 0.3) is 17.0 Å². The van der Waals surface area contributed by atoms with Gasteiger partial charge in [0.1, 0.15) is 11.6 Å². The van der Waals surface area contributed by atoms with E-state index < -0.39 is 11.6 Å². The van der Waals surface area contributed by atoms with Crippen molar-refractivity contribution in [3.05, 3.63) is 76.9 Å². The van der Waals surface area contributed by atoms with Crippen LogP contribution in [0.2, 0.25) is 0 Å². The predicted molar refractivity (Wildman–Crippen MR) is 132 cm³/mol. The van der Waals surface area contributed by atoms with Crippen molar-refractivity contribution in [2.24, 2.45) is 5.73 Å². The molecule has 1 aromatic heterocycles. The van der Waals surface area contributed by atoms with Gasteiger partial charge in [0, 0.05) is 35.1 Å². The Labute approximate surface area is 203 Å². The zero-order valence-electron chi connectivity index (χ0n) is 19.7. The molecule has 0 bridgehead atoms. The van der Waals surface area contributed by atoms with Crippen LogP contribution >= 0.6 is 0 Å². The van der Waals surface area contributed by atoms with E-state index in [4.69, 9.17) is 15.2 Å². The molecule has 0 aliphatic carbocycles. The minimum absolute atomic E-state index is 0.0661. The van der Waals surface area contributed by atoms with E-state index >= 15 is 0 Å². The maximum atomic E-state index is 13.7. The Bertz CT molecular complexity index is 1180. The van der Waals surface area contributed by atoms with Crippen LogP contribution in [0.4, 0.5) is 8.78 Å². The number of hydrogen-bond acceptors (Lipinski definition) is 6. The van der Waals surface area contributed by atoms with Gasteiger partial charge in [0.25, 0.3) is 0 Å². The second kappa shape index (κ2) is 11.7. The molecular formula is C27H31F2N3O3. The van der Waals surface area contributed by atoms with E-state index in [1.54, 1.807) is 19.3 Å². The average Bonchev–Trinajstić information content (AvgIpc) is 2.88. The third-order valence-electron chi connectivity index (χ3n) is 6.38. The number of nitrogens with two attached hydrogens (primary N) is 1. The Morgan fingerprint density at radius 2 is 2.09 bits per heavy atom. The summed E-state index contributed by atoms with van der Waals surface area (Å²) in [6, 6.07) is 10.9. The van der Waals surface area contributed by atoms with Gasteiger partial charge >= 0.3 is 0 Å². The fourth-order valence-electron chi connectivity index (χ4n) is 4.46. The molecule has 8 heteroatoms. The zero-order chi connectivity index (χ0) is 24.8. The number of nitrogens with one attached hydrogen (secondary N) is 1. The van der Waals surface area contributed by atoms with E-state index in [9.17, 15) is 13.9 Å². The number of hydrogen-bond donors (Lipinski definition) is 3. The Morgan fingerprint density at radius 3 is 2.83 bits per heavy atom. The number of benzene rings is 2. The number of nitrogens with zero attached hydrogens (tertiary/aromatic N) is 1. The van der Waals surface area contributed by atoms with Crippen LogP contribution in [0.3, 0.4) is 0 Å². The Balaban J connectivity index is 1.30. The first-order valence-corrected chi connectivity index (χ1v) is 11.8. The molecule has 0 spiro atoms. The first-order chi connectivity index (χ1) is 17.0. The van der Waals surface area contributed by atoms with Crippen molar-refractivity contribution in [1.29, 1.82) is 0 Å². The highest BCUT2D eigenvalue weighted by molar-refractivity contribution is 5.83. The molecule has 0 saturated carbocycles. The van der Waals surface area contributed by atoms with Crippen LogP contribution < -0.4 is 15.8 Å². The highest BCUT2D eigenvalue weighted by Gasteiger charge is 2.27. The number of aliphatic hydroxyl groups is 1. The number of aromatic nitrogens is 1. The summed E-state index contributed by atoms with van der Waals surface area (Å²) in [5, 5.41) is 13.9. The lowest BCUT2D eigenvalue weighted by molar-refractivity contribution is -0.0157. The summed E-state index contributed by atoms with van der Waals surface area (Å²) in [5.41, 5.74) is 9.20. The molecule has 6 nitrogen and oxygen atoms in total. The van der Waals surface area contributed by atoms with Crippen molar-refractivity contribution < 1.29 is 23.4 Å². The number of fused-ring (bicyclic) bond motifs is 1. The smallest absolute Gasteiger partial charge is 0.216 e. The molecule has 0 amide bonds. The number of halogens is 2. The second-order valence-corrected chi connectivity index (χ2v) is 8.79. The summed E-state index contributed by atoms with van der Waals surface area (Å²) < 4.78 is 38.5. The van der Waals surface area contributed by atoms with Crippen molar-refractivity contribution in [3.8, 4) is 5.88 Å². The second-order valence-electron chi connectivity index (χ2n) is 8.79. The van der Waals surface area contributed by atoms with Crippen molar-refractivity contribution in [1.82, 2.24) is 10.3 Å². The van der Waals surface area contributed by atoms with Crippen molar-refractivity contribution >= 4 is 17.0 Å². The van der Waals surface area contributed by atoms with Gasteiger partial charge in [0.15, 0.2) is 0 Å². The summed E-state index contributed by atoms with van der Waals surface area (Å²) in [6.45, 7) is 0.972. The number of aliphatic hydroxyl groups excluding tert-OH is 1. The Hall–Kier alpha value is -2.91. The van der Waals surface area contributed by atoms with E-state index in [1.165, 1.54) is 6.07 Å². The molecule has 186 valence electrons. The first kappa shape index (κ1) is 25.2. The third kappa shape index (κ3) is 6.21. The zero-order valence-corrected chi connectivity index (χ0v) is 19.7. The van der Waals surface area contributed by atoms with Crippen molar-refractivity contribution in [2.45, 2.75) is 44.1 Å². The molecule has 1 unspecified atom stereocenters. The highest BCUT2D eigenvalue weighted by atomic mass is 19.1. The lowest BCUT2D eigenvalue weighted by Crippen LogP contribution is -2.47. The molecule has 4 rings (SSSR count). The average molecular weight is 484 g/mol. The van der Waals surface area contributed by atoms with Crippen molar-refractivity contribution in [2.75, 3.05) is 20.3 Å². The van der Waals surface area contributed by atoms with E-state index in [0.717, 1.165) is 47.0 Å². The highest BCUT2D eigenvalue weighted by Crippen LogP contribution is 2.27. The van der Waals surface area contributed by atoms with Crippen LogP contribution in [0.1, 0.15) is 29.5 Å². The largest absolute Gasteiger partial charge is 0.481 e. The Morgan fingerprint density at radius 1 is 1.23 bits per heavy atom. The number of pyridine rings is 1. The molecule has 35 heavy (non-hydrogen) atoms. The number of methoxy groups -OCH3 is 1. The van der Waals surface area contributed by atoms with E-state index in [1.807, 2.05) is 24.3 Å². The standard InChI is InChI=1S/C27H31F2N3O3/c1-34-27-19(13-22-18(15-33)4-2-6-25(22)32-27)14-24(30)26-10-8-21(16-35-26)31-11-3-5-17-12-20(28)7-9-23(17)29/h2-7,9,12-13,21,24,26,31,33H,8,10-11,14-16,30H2,1H3/t21-,24?,26+/m1/s1. The van der Waals surface area contributed by atoms with Gasteiger partial charge in [-0.05, 0) is 55.2 Å². The van der Waals surface area contributed by atoms with E-state index in [0.29, 0.717) is 25.5 Å². The normalized spacial score (nSPS) is 19.3. The van der Waals surface area contributed by atoms with Crippen LogP contribution in [0.5, 0.6) is 5.88 Å². The first-order valence-electron chi connectivity index (χ1n) is 11.8. The predicted octanol–water partition coefficient (Wildman–Crippen LogP) is 3.73. The van der Waals surface area contributed by atoms with Gasteiger partial charge in [-0.15, -0.1) is 0 Å². The topological polar surface area (TPSA) is 89.6 Å². The van der Waals surface area contributed by atoms with Gasteiger partial charge in [-0.25, -0.2) is 13.8 Å². The summed E-state index contributed by atoms with van der Waals surface area (Å²) in [7, 11) is 1.59. The molecule has 1 aliphatic heterocycles. The van der Waals surface area contributed by atoms with E-state index in [2.05, 4.69) is 10.3 Å². The lowest BCUT2D eigenvalue weighted by atomic mass is 9.94. The molecule has 1 fully saturated rings. The molecule has 2 aromatic carbocycles. The van der Waals surface area contributed by atoms with E-state index in [-0.39, 0.29) is 30.4 Å². The van der Waals surface area contributed by atoms with Gasteiger partial charge in [0.05, 0.1) is 31.9 Å². The fraction of sp³-hybridized carbons (Fsp3) is 0.370. The van der Waals surface area contributed by atoms with Crippen LogP contribution in [-0.4, -0.2) is 48.5 Å².